The molecule has 17 heavy (non-hydrogen) atoms. The summed E-state index contributed by atoms with van der Waals surface area (Å²) in [5.41, 5.74) is 0.326. The molecule has 0 saturated heterocycles. The number of hydrogen-bond acceptors (Lipinski definition) is 4. The summed E-state index contributed by atoms with van der Waals surface area (Å²) in [6.07, 6.45) is 1.54. The molecule has 0 unspecified atom stereocenters. The number of hydrogen-bond donors (Lipinski definition) is 2. The topological polar surface area (TPSA) is 70.7 Å². The van der Waals surface area contributed by atoms with Gasteiger partial charge in [-0.25, -0.2) is 0 Å². The molecular weight excluding hydrogens is 288 g/mol. The molecule has 1 heterocycles. The zero-order valence-corrected chi connectivity index (χ0v) is 10.3. The number of aromatic hydroxyl groups is 2. The zero-order chi connectivity index (χ0) is 12.4. The minimum Gasteiger partial charge on any atom is -0.504 e. The Morgan fingerprint density at radius 2 is 1.94 bits per heavy atom. The largest absolute Gasteiger partial charge is 0.504 e. The van der Waals surface area contributed by atoms with Crippen molar-refractivity contribution in [2.45, 2.75) is 6.42 Å². The quantitative estimate of drug-likeness (QED) is 0.835. The molecule has 0 aliphatic rings. The van der Waals surface area contributed by atoms with Crippen molar-refractivity contribution in [3.63, 3.8) is 0 Å². The first-order chi connectivity index (χ1) is 8.08. The van der Waals surface area contributed by atoms with Gasteiger partial charge >= 0.3 is 0 Å². The summed E-state index contributed by atoms with van der Waals surface area (Å²) in [5.74, 6) is -0.0128. The molecule has 88 valence electrons. The second-order valence-electron chi connectivity index (χ2n) is 3.51. The number of phenolic OH excluding ortho intramolecular Hbond substituents is 2. The van der Waals surface area contributed by atoms with Crippen molar-refractivity contribution in [3.8, 4) is 11.5 Å². The molecule has 0 fully saturated rings. The fourth-order valence-electron chi connectivity index (χ4n) is 1.45. The van der Waals surface area contributed by atoms with Crippen molar-refractivity contribution >= 4 is 15.9 Å². The van der Waals surface area contributed by atoms with E-state index in [2.05, 4.69) is 15.9 Å². The predicted molar refractivity (Wildman–Crippen MR) is 65.3 cm³/mol. The van der Waals surface area contributed by atoms with Crippen molar-refractivity contribution in [3.05, 3.63) is 56.5 Å². The lowest BCUT2D eigenvalue weighted by Crippen LogP contribution is -1.99. The second-order valence-corrected chi connectivity index (χ2v) is 4.37. The summed E-state index contributed by atoms with van der Waals surface area (Å²) >= 11 is 3.09. The average Bonchev–Trinajstić information content (AvgIpc) is 2.30. The van der Waals surface area contributed by atoms with Gasteiger partial charge in [-0.05, 0) is 22.0 Å². The molecule has 0 saturated carbocycles. The van der Waals surface area contributed by atoms with Crippen LogP contribution >= 0.6 is 15.9 Å². The van der Waals surface area contributed by atoms with Crippen LogP contribution < -0.4 is 5.43 Å². The summed E-state index contributed by atoms with van der Waals surface area (Å²) < 4.78 is 5.54. The van der Waals surface area contributed by atoms with Crippen LogP contribution in [-0.2, 0) is 6.42 Å². The van der Waals surface area contributed by atoms with E-state index in [4.69, 9.17) is 4.42 Å². The third-order valence-corrected chi connectivity index (χ3v) is 2.95. The van der Waals surface area contributed by atoms with Crippen LogP contribution in [0.25, 0.3) is 0 Å². The van der Waals surface area contributed by atoms with Crippen molar-refractivity contribution in [1.82, 2.24) is 0 Å². The number of halogens is 1. The van der Waals surface area contributed by atoms with E-state index in [0.29, 0.717) is 15.8 Å². The minimum atomic E-state index is -0.222. The first kappa shape index (κ1) is 11.7. The Kier molecular flexibility index (Phi) is 3.19. The first-order valence-electron chi connectivity index (χ1n) is 4.85. The van der Waals surface area contributed by atoms with Crippen LogP contribution in [0.1, 0.15) is 11.3 Å². The standard InChI is InChI=1S/C12H9BrO4/c13-10-2-1-7(11(15)12(10)16)5-9-6-8(14)3-4-17-9/h1-4,6,15-16H,5H2. The van der Waals surface area contributed by atoms with Gasteiger partial charge in [0.15, 0.2) is 16.9 Å². The van der Waals surface area contributed by atoms with Crippen molar-refractivity contribution in [2.24, 2.45) is 0 Å². The van der Waals surface area contributed by atoms with Crippen molar-refractivity contribution in [2.75, 3.05) is 0 Å². The van der Waals surface area contributed by atoms with Crippen molar-refractivity contribution in [1.29, 1.82) is 0 Å². The Bertz CT molecular complexity index is 604. The van der Waals surface area contributed by atoms with Gasteiger partial charge in [0.25, 0.3) is 0 Å². The fraction of sp³-hybridized carbons (Fsp3) is 0.0833. The highest BCUT2D eigenvalue weighted by Gasteiger charge is 2.11. The molecule has 1 aromatic heterocycles. The van der Waals surface area contributed by atoms with Gasteiger partial charge in [-0.15, -0.1) is 0 Å². The van der Waals surface area contributed by atoms with Gasteiger partial charge in [-0.2, -0.15) is 0 Å². The molecule has 0 radical (unpaired) electrons. The van der Waals surface area contributed by atoms with E-state index in [-0.39, 0.29) is 23.3 Å². The monoisotopic (exact) mass is 296 g/mol. The molecule has 2 aromatic rings. The number of benzene rings is 1. The lowest BCUT2D eigenvalue weighted by molar-refractivity contribution is 0.396. The van der Waals surface area contributed by atoms with Crippen LogP contribution in [0.3, 0.4) is 0 Å². The lowest BCUT2D eigenvalue weighted by atomic mass is 10.1. The van der Waals surface area contributed by atoms with Crippen LogP contribution in [0.15, 0.2) is 44.2 Å². The van der Waals surface area contributed by atoms with Gasteiger partial charge in [-0.3, -0.25) is 4.79 Å². The summed E-state index contributed by atoms with van der Waals surface area (Å²) in [5, 5.41) is 19.2. The highest BCUT2D eigenvalue weighted by molar-refractivity contribution is 9.10. The van der Waals surface area contributed by atoms with E-state index in [1.165, 1.54) is 18.4 Å². The second kappa shape index (κ2) is 4.63. The maximum atomic E-state index is 11.1. The molecular formula is C12H9BrO4. The fourth-order valence-corrected chi connectivity index (χ4v) is 1.77. The Balaban J connectivity index is 2.37. The van der Waals surface area contributed by atoms with E-state index < -0.39 is 0 Å². The molecule has 0 aliphatic carbocycles. The van der Waals surface area contributed by atoms with E-state index in [1.807, 2.05) is 0 Å². The summed E-state index contributed by atoms with van der Waals surface area (Å²) in [4.78, 5) is 11.1. The van der Waals surface area contributed by atoms with Gasteiger partial charge in [-0.1, -0.05) is 6.07 Å². The van der Waals surface area contributed by atoms with Crippen LogP contribution in [0.5, 0.6) is 11.5 Å². The molecule has 0 aliphatic heterocycles. The van der Waals surface area contributed by atoms with Gasteiger partial charge < -0.3 is 14.6 Å². The summed E-state index contributed by atoms with van der Waals surface area (Å²) in [7, 11) is 0. The Morgan fingerprint density at radius 3 is 2.65 bits per heavy atom. The molecule has 2 N–H and O–H groups in total. The van der Waals surface area contributed by atoms with Gasteiger partial charge in [0.05, 0.1) is 10.7 Å². The zero-order valence-electron chi connectivity index (χ0n) is 8.68. The molecule has 5 heteroatoms. The molecule has 1 aromatic carbocycles. The highest BCUT2D eigenvalue weighted by atomic mass is 79.9. The molecule has 2 rings (SSSR count). The van der Waals surface area contributed by atoms with E-state index in [0.717, 1.165) is 0 Å². The molecule has 0 atom stereocenters. The minimum absolute atomic E-state index is 0.160. The van der Waals surface area contributed by atoms with Crippen molar-refractivity contribution < 1.29 is 14.6 Å². The van der Waals surface area contributed by atoms with E-state index in [9.17, 15) is 15.0 Å². The van der Waals surface area contributed by atoms with Crippen LogP contribution in [0.2, 0.25) is 0 Å². The molecule has 0 spiro atoms. The SMILES string of the molecule is O=c1ccoc(Cc2ccc(Br)c(O)c2O)c1. The smallest absolute Gasteiger partial charge is 0.185 e. The normalized spacial score (nSPS) is 10.4. The van der Waals surface area contributed by atoms with E-state index in [1.54, 1.807) is 12.1 Å². The third-order valence-electron chi connectivity index (χ3n) is 2.31. The Morgan fingerprint density at radius 1 is 1.18 bits per heavy atom. The molecule has 0 bridgehead atoms. The third kappa shape index (κ3) is 2.50. The molecule has 4 nitrogen and oxygen atoms in total. The maximum absolute atomic E-state index is 11.1. The lowest BCUT2D eigenvalue weighted by Gasteiger charge is -2.06. The van der Waals surface area contributed by atoms with E-state index >= 15 is 0 Å². The number of phenols is 2. The Labute approximate surface area is 105 Å². The van der Waals surface area contributed by atoms with Gasteiger partial charge in [0.1, 0.15) is 5.76 Å². The molecule has 0 amide bonds. The highest BCUT2D eigenvalue weighted by Crippen LogP contribution is 2.36. The Hall–Kier alpha value is -1.75. The van der Waals surface area contributed by atoms with Crippen LogP contribution in [0, 0.1) is 0 Å². The maximum Gasteiger partial charge on any atom is 0.185 e. The van der Waals surface area contributed by atoms with Crippen LogP contribution in [0.4, 0.5) is 0 Å². The number of rotatable bonds is 2. The van der Waals surface area contributed by atoms with Gasteiger partial charge in [0.2, 0.25) is 0 Å². The first-order valence-corrected chi connectivity index (χ1v) is 5.64. The summed E-state index contributed by atoms with van der Waals surface area (Å²) in [6, 6.07) is 5.92. The van der Waals surface area contributed by atoms with Crippen LogP contribution in [-0.4, -0.2) is 10.2 Å². The average molecular weight is 297 g/mol. The predicted octanol–water partition coefficient (Wildman–Crippen LogP) is 2.40. The summed E-state index contributed by atoms with van der Waals surface area (Å²) in [6.45, 7) is 0. The van der Waals surface area contributed by atoms with Gasteiger partial charge in [0, 0.05) is 24.1 Å².